The fourth-order valence-electron chi connectivity index (χ4n) is 2.81. The minimum absolute atomic E-state index is 0.00307. The molecule has 1 unspecified atom stereocenters. The Morgan fingerprint density at radius 3 is 2.19 bits per heavy atom. The number of halogens is 1. The van der Waals surface area contributed by atoms with Gasteiger partial charge in [-0.1, -0.05) is 71.2 Å². The Morgan fingerprint density at radius 1 is 0.935 bits per heavy atom. The van der Waals surface area contributed by atoms with Crippen molar-refractivity contribution in [2.75, 3.05) is 10.6 Å². The number of rotatable bonds is 6. The molecule has 3 amide bonds. The Hall–Kier alpha value is -3.37. The predicted octanol–water partition coefficient (Wildman–Crippen LogP) is 5.42. The molecule has 31 heavy (non-hydrogen) atoms. The summed E-state index contributed by atoms with van der Waals surface area (Å²) in [5.74, 6) is -0.499. The molecule has 0 fully saturated rings. The molecule has 0 bridgehead atoms. The van der Waals surface area contributed by atoms with Gasteiger partial charge in [0.2, 0.25) is 0 Å². The van der Waals surface area contributed by atoms with Crippen LogP contribution in [-0.2, 0) is 4.79 Å². The van der Waals surface area contributed by atoms with Gasteiger partial charge in [-0.05, 0) is 35.9 Å². The van der Waals surface area contributed by atoms with Crippen LogP contribution in [0.4, 0.5) is 21.9 Å². The average molecular weight is 501 g/mol. The van der Waals surface area contributed by atoms with Gasteiger partial charge in [0.05, 0.1) is 4.92 Å². The summed E-state index contributed by atoms with van der Waals surface area (Å²) in [7, 11) is 0. The Morgan fingerprint density at radius 2 is 1.55 bits per heavy atom. The molecule has 3 rings (SSSR count). The molecule has 0 radical (unpaired) electrons. The first kappa shape index (κ1) is 22.3. The summed E-state index contributed by atoms with van der Waals surface area (Å²) in [6, 6.07) is 19.4. The van der Waals surface area contributed by atoms with E-state index in [1.54, 1.807) is 60.7 Å². The van der Waals surface area contributed by atoms with E-state index in [2.05, 4.69) is 39.4 Å². The zero-order valence-electron chi connectivity index (χ0n) is 15.9. The molecule has 0 aromatic heterocycles. The smallest absolute Gasteiger partial charge is 0.324 e. The maximum Gasteiger partial charge on any atom is 0.332 e. The van der Waals surface area contributed by atoms with Crippen LogP contribution in [0.2, 0.25) is 0 Å². The average Bonchev–Trinajstić information content (AvgIpc) is 2.76. The second-order valence-electron chi connectivity index (χ2n) is 6.36. The molecule has 2 N–H and O–H groups in total. The fraction of sp³-hybridized carbons (Fsp3) is 0.0476. The highest BCUT2D eigenvalue weighted by atomic mass is 79.9. The summed E-state index contributed by atoms with van der Waals surface area (Å²) in [5, 5.41) is 16.4. The van der Waals surface area contributed by atoms with Crippen molar-refractivity contribution in [2.45, 2.75) is 6.04 Å². The summed E-state index contributed by atoms with van der Waals surface area (Å²) in [5.41, 5.74) is 0.782. The van der Waals surface area contributed by atoms with E-state index in [-0.39, 0.29) is 11.4 Å². The number of anilines is 2. The third-order valence-electron chi connectivity index (χ3n) is 4.27. The van der Waals surface area contributed by atoms with Gasteiger partial charge < -0.3 is 10.6 Å². The van der Waals surface area contributed by atoms with Crippen LogP contribution in [0.15, 0.2) is 83.3 Å². The number of hydrogen-bond acceptors (Lipinski definition) is 5. The lowest BCUT2D eigenvalue weighted by Crippen LogP contribution is -2.38. The molecule has 1 atom stereocenters. The number of nitrogens with zero attached hydrogens (tertiary/aromatic N) is 2. The molecular weight excluding hydrogens is 484 g/mol. The van der Waals surface area contributed by atoms with Crippen LogP contribution < -0.4 is 10.6 Å². The standard InChI is InChI=1S/C21H17BrN4O4S/c22-15-10-12-16(13-11-15)23-20(27)19(14-6-2-1-3-7-14)25(31)21(28)24-17-8-4-5-9-18(17)26(29)30/h1-13,19,31H,(H,23,27)(H,24,28). The first-order valence-corrected chi connectivity index (χ1v) is 10.2. The van der Waals surface area contributed by atoms with Crippen molar-refractivity contribution in [3.05, 3.63) is 99.0 Å². The van der Waals surface area contributed by atoms with Crippen LogP contribution in [0.3, 0.4) is 0 Å². The zero-order valence-corrected chi connectivity index (χ0v) is 18.4. The molecule has 0 aliphatic carbocycles. The molecule has 0 heterocycles. The quantitative estimate of drug-likeness (QED) is 0.239. The Kier molecular flexibility index (Phi) is 7.27. The lowest BCUT2D eigenvalue weighted by atomic mass is 10.1. The number of hydrogen-bond donors (Lipinski definition) is 3. The minimum atomic E-state index is -1.10. The van der Waals surface area contributed by atoms with Crippen molar-refractivity contribution < 1.29 is 14.5 Å². The van der Waals surface area contributed by atoms with E-state index in [1.807, 2.05) is 0 Å². The number of nitro benzene ring substituents is 1. The Balaban J connectivity index is 1.86. The first-order chi connectivity index (χ1) is 14.9. The van der Waals surface area contributed by atoms with Gasteiger partial charge >= 0.3 is 6.03 Å². The lowest BCUT2D eigenvalue weighted by Gasteiger charge is -2.26. The van der Waals surface area contributed by atoms with Crippen LogP contribution in [0.5, 0.6) is 0 Å². The SMILES string of the molecule is O=C(Nc1ccc(Br)cc1)C(c1ccccc1)N(S)C(=O)Nc1ccccc1[N+](=O)[O-]. The zero-order chi connectivity index (χ0) is 22.4. The lowest BCUT2D eigenvalue weighted by molar-refractivity contribution is -0.383. The van der Waals surface area contributed by atoms with Crippen molar-refractivity contribution in [3.8, 4) is 0 Å². The second kappa shape index (κ2) is 10.1. The highest BCUT2D eigenvalue weighted by Gasteiger charge is 2.30. The van der Waals surface area contributed by atoms with Crippen LogP contribution in [-0.4, -0.2) is 21.2 Å². The maximum atomic E-state index is 13.1. The number of nitrogens with one attached hydrogen (secondary N) is 2. The number of benzene rings is 3. The molecule has 3 aromatic rings. The summed E-state index contributed by atoms with van der Waals surface area (Å²) in [6.07, 6.45) is 0. The van der Waals surface area contributed by atoms with Gasteiger partial charge in [0.25, 0.3) is 11.6 Å². The summed E-state index contributed by atoms with van der Waals surface area (Å²) < 4.78 is 1.75. The molecule has 0 spiro atoms. The molecule has 8 nitrogen and oxygen atoms in total. The summed E-state index contributed by atoms with van der Waals surface area (Å²) >= 11 is 7.59. The molecule has 0 saturated carbocycles. The van der Waals surface area contributed by atoms with Gasteiger partial charge in [0.15, 0.2) is 0 Å². The van der Waals surface area contributed by atoms with Crippen molar-refractivity contribution in [2.24, 2.45) is 0 Å². The number of thiol groups is 1. The van der Waals surface area contributed by atoms with E-state index < -0.39 is 22.9 Å². The highest BCUT2D eigenvalue weighted by molar-refractivity contribution is 9.10. The largest absolute Gasteiger partial charge is 0.332 e. The molecule has 3 aromatic carbocycles. The van der Waals surface area contributed by atoms with Crippen LogP contribution in [0, 0.1) is 10.1 Å². The van der Waals surface area contributed by atoms with E-state index in [9.17, 15) is 19.7 Å². The van der Waals surface area contributed by atoms with Crippen molar-refractivity contribution in [1.82, 2.24) is 4.31 Å². The van der Waals surface area contributed by atoms with Gasteiger partial charge in [-0.2, -0.15) is 0 Å². The molecule has 0 saturated heterocycles. The van der Waals surface area contributed by atoms with E-state index in [0.717, 1.165) is 8.78 Å². The number of nitro groups is 1. The van der Waals surface area contributed by atoms with Crippen molar-refractivity contribution >= 4 is 57.7 Å². The van der Waals surface area contributed by atoms with E-state index in [1.165, 1.54) is 18.2 Å². The van der Waals surface area contributed by atoms with Crippen LogP contribution >= 0.6 is 28.7 Å². The van der Waals surface area contributed by atoms with Gasteiger partial charge in [0.1, 0.15) is 11.7 Å². The summed E-state index contributed by atoms with van der Waals surface area (Å²) in [4.78, 5) is 36.5. The van der Waals surface area contributed by atoms with Gasteiger partial charge in [-0.25, -0.2) is 4.79 Å². The monoisotopic (exact) mass is 500 g/mol. The van der Waals surface area contributed by atoms with Crippen molar-refractivity contribution in [3.63, 3.8) is 0 Å². The predicted molar refractivity (Wildman–Crippen MR) is 125 cm³/mol. The highest BCUT2D eigenvalue weighted by Crippen LogP contribution is 2.28. The normalized spacial score (nSPS) is 11.3. The molecule has 158 valence electrons. The molecular formula is C21H17BrN4O4S. The van der Waals surface area contributed by atoms with Gasteiger partial charge in [-0.3, -0.25) is 19.2 Å². The molecule has 0 aliphatic rings. The second-order valence-corrected chi connectivity index (χ2v) is 7.70. The van der Waals surface area contributed by atoms with Gasteiger partial charge in [-0.15, -0.1) is 0 Å². The van der Waals surface area contributed by atoms with E-state index in [0.29, 0.717) is 11.3 Å². The number of urea groups is 1. The van der Waals surface area contributed by atoms with E-state index >= 15 is 0 Å². The van der Waals surface area contributed by atoms with Crippen LogP contribution in [0.25, 0.3) is 0 Å². The fourth-order valence-corrected chi connectivity index (χ4v) is 3.36. The Labute approximate surface area is 192 Å². The summed E-state index contributed by atoms with van der Waals surface area (Å²) in [6.45, 7) is 0. The molecule has 10 heteroatoms. The van der Waals surface area contributed by atoms with Crippen LogP contribution in [0.1, 0.15) is 11.6 Å². The first-order valence-electron chi connectivity index (χ1n) is 9.00. The number of carbonyl (C=O) groups excluding carboxylic acids is 2. The third-order valence-corrected chi connectivity index (χ3v) is 5.21. The third kappa shape index (κ3) is 5.62. The Bertz CT molecular complexity index is 1100. The maximum absolute atomic E-state index is 13.1. The topological polar surface area (TPSA) is 105 Å². The number of amides is 3. The molecule has 0 aliphatic heterocycles. The van der Waals surface area contributed by atoms with Gasteiger partial charge in [0, 0.05) is 16.2 Å². The number of para-hydroxylation sites is 2. The minimum Gasteiger partial charge on any atom is -0.324 e. The van der Waals surface area contributed by atoms with E-state index in [4.69, 9.17) is 0 Å². The van der Waals surface area contributed by atoms with Crippen molar-refractivity contribution in [1.29, 1.82) is 0 Å². The number of carbonyl (C=O) groups is 2.